The minimum absolute atomic E-state index is 0.0329. The van der Waals surface area contributed by atoms with E-state index in [2.05, 4.69) is 36.4 Å². The van der Waals surface area contributed by atoms with Gasteiger partial charge >= 0.3 is 0 Å². The number of carbonyl (C=O) groups is 2. The fraction of sp³-hybridized carbons (Fsp3) is 0.650. The second kappa shape index (κ2) is 9.54. The number of pyridine rings is 1. The van der Waals surface area contributed by atoms with E-state index in [9.17, 15) is 9.59 Å². The van der Waals surface area contributed by atoms with Crippen molar-refractivity contribution in [2.75, 3.05) is 0 Å². The number of hydrogen-bond acceptors (Lipinski definition) is 3. The second-order valence-electron chi connectivity index (χ2n) is 7.69. The third kappa shape index (κ3) is 6.48. The van der Waals surface area contributed by atoms with Crippen molar-refractivity contribution < 1.29 is 9.59 Å². The van der Waals surface area contributed by atoms with Crippen LogP contribution in [0.25, 0.3) is 0 Å². The fourth-order valence-corrected chi connectivity index (χ4v) is 3.32. The molecule has 0 spiro atoms. The first-order valence-corrected chi connectivity index (χ1v) is 9.43. The first-order chi connectivity index (χ1) is 12.0. The Kier molecular flexibility index (Phi) is 7.41. The molecule has 2 N–H and O–H groups in total. The van der Waals surface area contributed by atoms with Gasteiger partial charge in [0.2, 0.25) is 11.8 Å². The largest absolute Gasteiger partial charge is 0.349 e. The van der Waals surface area contributed by atoms with E-state index >= 15 is 0 Å². The van der Waals surface area contributed by atoms with Crippen LogP contribution in [0.15, 0.2) is 24.4 Å². The van der Waals surface area contributed by atoms with Gasteiger partial charge in [0.15, 0.2) is 0 Å². The van der Waals surface area contributed by atoms with Crippen LogP contribution in [0.5, 0.6) is 0 Å². The van der Waals surface area contributed by atoms with Gasteiger partial charge in [0, 0.05) is 12.1 Å². The summed E-state index contributed by atoms with van der Waals surface area (Å²) in [5, 5.41) is 5.90. The topological polar surface area (TPSA) is 71.1 Å². The van der Waals surface area contributed by atoms with Gasteiger partial charge in [0.1, 0.15) is 6.04 Å². The maximum Gasteiger partial charge on any atom is 0.242 e. The van der Waals surface area contributed by atoms with Crippen LogP contribution in [-0.2, 0) is 16.1 Å². The Bertz CT molecular complexity index is 551. The molecule has 2 amide bonds. The zero-order valence-electron chi connectivity index (χ0n) is 15.6. The molecule has 0 saturated heterocycles. The average Bonchev–Trinajstić information content (AvgIpc) is 2.60. The summed E-state index contributed by atoms with van der Waals surface area (Å²) in [5.41, 5.74) is 0.812. The van der Waals surface area contributed by atoms with Crippen LogP contribution < -0.4 is 10.6 Å². The zero-order chi connectivity index (χ0) is 18.2. The summed E-state index contributed by atoms with van der Waals surface area (Å²) in [6.45, 7) is 6.74. The molecule has 1 aliphatic carbocycles. The lowest BCUT2D eigenvalue weighted by molar-refractivity contribution is -0.132. The molecule has 0 aromatic carbocycles. The Morgan fingerprint density at radius 2 is 1.92 bits per heavy atom. The molecule has 5 heteroatoms. The van der Waals surface area contributed by atoms with Gasteiger partial charge in [-0.25, -0.2) is 0 Å². The average molecular weight is 345 g/mol. The second-order valence-corrected chi connectivity index (χ2v) is 7.69. The lowest BCUT2D eigenvalue weighted by Gasteiger charge is -2.27. The fourth-order valence-electron chi connectivity index (χ4n) is 3.32. The predicted molar refractivity (Wildman–Crippen MR) is 98.6 cm³/mol. The molecule has 0 unspecified atom stereocenters. The van der Waals surface area contributed by atoms with Gasteiger partial charge in [-0.1, -0.05) is 26.8 Å². The Balaban J connectivity index is 1.90. The number of aromatic nitrogens is 1. The quantitative estimate of drug-likeness (QED) is 0.798. The van der Waals surface area contributed by atoms with E-state index in [1.54, 1.807) is 6.20 Å². The SMILES string of the molecule is CC(C)C[C@@H](NC(=O)C1CCC(C)CC1)C(=O)NCc1ccccn1. The molecule has 2 rings (SSSR count). The van der Waals surface area contributed by atoms with Crippen molar-refractivity contribution in [3.8, 4) is 0 Å². The van der Waals surface area contributed by atoms with Crippen molar-refractivity contribution in [3.05, 3.63) is 30.1 Å². The summed E-state index contributed by atoms with van der Waals surface area (Å²) in [6.07, 6.45) is 6.40. The van der Waals surface area contributed by atoms with E-state index in [1.807, 2.05) is 18.2 Å². The van der Waals surface area contributed by atoms with Crippen molar-refractivity contribution in [2.24, 2.45) is 17.8 Å². The van der Waals surface area contributed by atoms with E-state index in [4.69, 9.17) is 0 Å². The first kappa shape index (κ1) is 19.4. The summed E-state index contributed by atoms with van der Waals surface area (Å²) < 4.78 is 0. The normalized spacial score (nSPS) is 21.6. The minimum atomic E-state index is -0.476. The molecular weight excluding hydrogens is 314 g/mol. The molecule has 138 valence electrons. The Labute approximate surface area is 151 Å². The van der Waals surface area contributed by atoms with E-state index in [0.29, 0.717) is 24.8 Å². The number of amides is 2. The van der Waals surface area contributed by atoms with Crippen molar-refractivity contribution in [1.82, 2.24) is 15.6 Å². The predicted octanol–water partition coefficient (Wildman–Crippen LogP) is 3.06. The molecule has 1 heterocycles. The van der Waals surface area contributed by atoms with Crippen LogP contribution >= 0.6 is 0 Å². The molecule has 0 aliphatic heterocycles. The third-order valence-corrected chi connectivity index (χ3v) is 4.90. The number of carbonyl (C=O) groups excluding carboxylic acids is 2. The van der Waals surface area contributed by atoms with E-state index < -0.39 is 6.04 Å². The first-order valence-electron chi connectivity index (χ1n) is 9.43. The van der Waals surface area contributed by atoms with E-state index in [1.165, 1.54) is 0 Å². The maximum atomic E-state index is 12.6. The van der Waals surface area contributed by atoms with Crippen molar-refractivity contribution in [3.63, 3.8) is 0 Å². The highest BCUT2D eigenvalue weighted by molar-refractivity contribution is 5.88. The van der Waals surface area contributed by atoms with Crippen LogP contribution in [0, 0.1) is 17.8 Å². The van der Waals surface area contributed by atoms with Crippen LogP contribution in [0.1, 0.15) is 58.6 Å². The molecule has 1 fully saturated rings. The van der Waals surface area contributed by atoms with E-state index in [-0.39, 0.29) is 17.7 Å². The highest BCUT2D eigenvalue weighted by atomic mass is 16.2. The molecule has 1 saturated carbocycles. The van der Waals surface area contributed by atoms with Crippen molar-refractivity contribution in [2.45, 2.75) is 65.5 Å². The van der Waals surface area contributed by atoms with Crippen molar-refractivity contribution in [1.29, 1.82) is 0 Å². The molecule has 1 atom stereocenters. The standard InChI is InChI=1S/C20H31N3O2/c1-14(2)12-18(20(25)22-13-17-6-4-5-11-21-17)23-19(24)16-9-7-15(3)8-10-16/h4-6,11,14-16,18H,7-10,12-13H2,1-3H3,(H,22,25)(H,23,24)/t15?,16?,18-/m1/s1. The highest BCUT2D eigenvalue weighted by Gasteiger charge is 2.28. The number of nitrogens with zero attached hydrogens (tertiary/aromatic N) is 1. The monoisotopic (exact) mass is 345 g/mol. The van der Waals surface area contributed by atoms with Crippen LogP contribution in [0.3, 0.4) is 0 Å². The van der Waals surface area contributed by atoms with E-state index in [0.717, 1.165) is 31.4 Å². The lowest BCUT2D eigenvalue weighted by atomic mass is 9.82. The molecule has 0 radical (unpaired) electrons. The number of nitrogens with one attached hydrogen (secondary N) is 2. The van der Waals surface area contributed by atoms with Gasteiger partial charge in [0.05, 0.1) is 12.2 Å². The third-order valence-electron chi connectivity index (χ3n) is 4.90. The van der Waals surface area contributed by atoms with Gasteiger partial charge in [-0.3, -0.25) is 14.6 Å². The molecule has 1 aromatic rings. The van der Waals surface area contributed by atoms with Gasteiger partial charge in [-0.15, -0.1) is 0 Å². The lowest BCUT2D eigenvalue weighted by Crippen LogP contribution is -2.49. The van der Waals surface area contributed by atoms with Gasteiger partial charge in [0.25, 0.3) is 0 Å². The maximum absolute atomic E-state index is 12.6. The number of rotatable bonds is 7. The van der Waals surface area contributed by atoms with Gasteiger partial charge < -0.3 is 10.6 Å². The summed E-state index contributed by atoms with van der Waals surface area (Å²) in [5.74, 6) is 0.992. The summed E-state index contributed by atoms with van der Waals surface area (Å²) in [4.78, 5) is 29.4. The molecule has 1 aromatic heterocycles. The molecule has 1 aliphatic rings. The summed E-state index contributed by atoms with van der Waals surface area (Å²) >= 11 is 0. The van der Waals surface area contributed by atoms with Crippen LogP contribution in [0.2, 0.25) is 0 Å². The Morgan fingerprint density at radius 3 is 2.52 bits per heavy atom. The van der Waals surface area contributed by atoms with Gasteiger partial charge in [-0.2, -0.15) is 0 Å². The molecular formula is C20H31N3O2. The summed E-state index contributed by atoms with van der Waals surface area (Å²) in [6, 6.07) is 5.14. The Hall–Kier alpha value is -1.91. The zero-order valence-corrected chi connectivity index (χ0v) is 15.6. The molecule has 0 bridgehead atoms. The summed E-state index contributed by atoms with van der Waals surface area (Å²) in [7, 11) is 0. The number of hydrogen-bond donors (Lipinski definition) is 2. The minimum Gasteiger partial charge on any atom is -0.349 e. The molecule has 25 heavy (non-hydrogen) atoms. The van der Waals surface area contributed by atoms with Crippen molar-refractivity contribution >= 4 is 11.8 Å². The van der Waals surface area contributed by atoms with Crippen LogP contribution in [0.4, 0.5) is 0 Å². The smallest absolute Gasteiger partial charge is 0.242 e. The highest BCUT2D eigenvalue weighted by Crippen LogP contribution is 2.28. The molecule has 5 nitrogen and oxygen atoms in total. The Morgan fingerprint density at radius 1 is 1.20 bits per heavy atom. The van der Waals surface area contributed by atoms with Crippen LogP contribution in [-0.4, -0.2) is 22.8 Å². The van der Waals surface area contributed by atoms with Gasteiger partial charge in [-0.05, 0) is 56.1 Å².